The average Bonchev–Trinajstić information content (AvgIpc) is 1.33. The van der Waals surface area contributed by atoms with Gasteiger partial charge in [0.25, 0.3) is 0 Å². The summed E-state index contributed by atoms with van der Waals surface area (Å²) in [6.45, 7) is 0. The minimum absolute atomic E-state index is 0. The average molecular weight is 258 g/mol. The molecule has 13 heteroatoms. The molecular weight excluding hydrogens is 252 g/mol. The van der Waals surface area contributed by atoms with E-state index in [9.17, 15) is 0 Å². The fourth-order valence-corrected chi connectivity index (χ4v) is 0. The van der Waals surface area contributed by atoms with Crippen molar-refractivity contribution in [2.75, 3.05) is 0 Å². The second-order valence-electron chi connectivity index (χ2n) is 0.346. The van der Waals surface area contributed by atoms with Crippen molar-refractivity contribution in [2.45, 2.75) is 0 Å². The van der Waals surface area contributed by atoms with E-state index in [-0.39, 0.29) is 105 Å². The summed E-state index contributed by atoms with van der Waals surface area (Å²) < 4.78 is 25.4. The van der Waals surface area contributed by atoms with Crippen molar-refractivity contribution in [1.29, 1.82) is 0 Å². The van der Waals surface area contributed by atoms with Crippen LogP contribution in [0.1, 0.15) is 0 Å². The molecule has 8 nitrogen and oxygen atoms in total. The Morgan fingerprint density at radius 2 is 0.923 bits per heavy atom. The van der Waals surface area contributed by atoms with Crippen LogP contribution in [-0.2, 0) is 8.27 Å². The van der Waals surface area contributed by atoms with E-state index in [0.717, 1.165) is 0 Å². The quantitative estimate of drug-likeness (QED) is 0.387. The summed E-state index contributed by atoms with van der Waals surface area (Å²) in [5, 5.41) is 0. The molecule has 6 N–H and O–H groups in total. The van der Waals surface area contributed by atoms with Crippen LogP contribution in [0, 0.1) is 0 Å². The van der Waals surface area contributed by atoms with Crippen molar-refractivity contribution in [2.24, 2.45) is 0 Å². The van der Waals surface area contributed by atoms with E-state index >= 15 is 0 Å². The summed E-state index contributed by atoms with van der Waals surface area (Å²) in [7, 11) is -3.63. The van der Waals surface area contributed by atoms with E-state index in [1.165, 1.54) is 0 Å². The number of hydrogen-bond donors (Lipinski definition) is 0. The minimum atomic E-state index is -3.63. The van der Waals surface area contributed by atoms with Gasteiger partial charge < -0.3 is 30.5 Å². The van der Waals surface area contributed by atoms with Gasteiger partial charge in [0, 0.05) is 9.17 Å². The van der Waals surface area contributed by atoms with Gasteiger partial charge in [-0.3, -0.25) is 0 Å². The zero-order chi connectivity index (χ0) is 6.28. The Labute approximate surface area is 149 Å². The van der Waals surface area contributed by atoms with Crippen molar-refractivity contribution in [3.8, 4) is 0 Å². The molecule has 0 unspecified atom stereocenters. The van der Waals surface area contributed by atoms with Gasteiger partial charge in [0.15, 0.2) is 0 Å². The van der Waals surface area contributed by atoms with E-state index in [1.54, 1.807) is 0 Å². The van der Waals surface area contributed by atoms with Gasteiger partial charge in [0.1, 0.15) is 0 Å². The van der Waals surface area contributed by atoms with Crippen LogP contribution in [0.5, 0.6) is 0 Å². The maximum atomic E-state index is 8.52. The van der Waals surface area contributed by atoms with Crippen LogP contribution >= 0.6 is 0 Å². The second-order valence-corrected chi connectivity index (χ2v) is 1.04. The van der Waals surface area contributed by atoms with Crippen LogP contribution in [0.25, 0.3) is 0 Å². The fraction of sp³-hybridized carbons (Fsp3) is 0. The Morgan fingerprint density at radius 1 is 0.923 bits per heavy atom. The van der Waals surface area contributed by atoms with Gasteiger partial charge in [-0.25, -0.2) is 0 Å². The Kier molecular flexibility index (Phi) is 273. The molecule has 0 bridgehead atoms. The van der Waals surface area contributed by atoms with Crippen molar-refractivity contribution >= 4 is 24.7 Å². The van der Waals surface area contributed by atoms with Gasteiger partial charge in [-0.1, -0.05) is 0 Å². The summed E-state index contributed by atoms with van der Waals surface area (Å²) in [6.07, 6.45) is 0. The van der Waals surface area contributed by atoms with Crippen molar-refractivity contribution in [3.05, 3.63) is 0 Å². The molecule has 0 radical (unpaired) electrons. The first-order chi connectivity index (χ1) is 3.15. The van der Waals surface area contributed by atoms with Gasteiger partial charge in [-0.2, -0.15) is 0 Å². The molecule has 0 rings (SSSR count). The van der Waals surface area contributed by atoms with Crippen LogP contribution in [0.2, 0.25) is 0 Å². The van der Waals surface area contributed by atoms with E-state index in [0.29, 0.717) is 0 Å². The summed E-state index contributed by atoms with van der Waals surface area (Å²) in [5.41, 5.74) is 0. The topological polar surface area (TPSA) is 198 Å². The zero-order valence-corrected chi connectivity index (χ0v) is 15.8. The van der Waals surface area contributed by atoms with Gasteiger partial charge >= 0.3 is 112 Å². The molecule has 0 spiro atoms. The zero-order valence-electron chi connectivity index (χ0n) is 7.62. The Hall–Kier alpha value is 2.63. The normalized spacial score (nSPS) is 2.46. The standard InChI is InChI=1S/Al.3Na.O3Si.3H2O.2O/c;;;;1-4(2)3;;;;;/h;;;;;3*1H2;;/q;3*+1;-2;;;;;-1. The molecule has 0 aromatic heterocycles. The van der Waals surface area contributed by atoms with E-state index in [2.05, 4.69) is 0 Å². The van der Waals surface area contributed by atoms with E-state index < -0.39 is 24.7 Å². The number of rotatable bonds is 0. The van der Waals surface area contributed by atoms with Crippen LogP contribution in [0.15, 0.2) is 0 Å². The molecular formula is H6AlNa3O8Si. The molecule has 0 aliphatic heterocycles. The molecule has 0 saturated carbocycles. The molecule has 0 aliphatic carbocycles. The Bertz CT molecular complexity index is 66.4. The van der Waals surface area contributed by atoms with Crippen molar-refractivity contribution in [3.63, 3.8) is 0 Å². The van der Waals surface area contributed by atoms with Crippen LogP contribution in [0.3, 0.4) is 0 Å². The van der Waals surface area contributed by atoms with Gasteiger partial charge in [0.2, 0.25) is 0 Å². The van der Waals surface area contributed by atoms with E-state index in [1.807, 2.05) is 0 Å². The van der Waals surface area contributed by atoms with Crippen molar-refractivity contribution in [1.82, 2.24) is 0 Å². The molecule has 0 aromatic rings. The first-order valence-corrected chi connectivity index (χ1v) is 3.25. The third-order valence-electron chi connectivity index (χ3n) is 0. The van der Waals surface area contributed by atoms with Crippen LogP contribution < -0.4 is 102 Å². The third-order valence-corrected chi connectivity index (χ3v) is 0. The second kappa shape index (κ2) is 61.8. The predicted octanol–water partition coefficient (Wildman–Crippen LogP) is -16.0. The fourth-order valence-electron chi connectivity index (χ4n) is 0. The summed E-state index contributed by atoms with van der Waals surface area (Å²) in [4.78, 5) is 17.0. The van der Waals surface area contributed by atoms with Crippen LogP contribution in [0.4, 0.5) is 0 Å². The molecule has 0 atom stereocenters. The van der Waals surface area contributed by atoms with Crippen LogP contribution in [-0.4, -0.2) is 41.1 Å². The molecule has 0 saturated heterocycles. The molecule has 0 heterocycles. The van der Waals surface area contributed by atoms with Gasteiger partial charge in [-0.15, -0.1) is 0 Å². The van der Waals surface area contributed by atoms with Gasteiger partial charge in [0.05, 0.1) is 0 Å². The predicted molar refractivity (Wildman–Crippen MR) is 23.7 cm³/mol. The summed E-state index contributed by atoms with van der Waals surface area (Å²) in [5.74, 6) is 0. The Balaban J connectivity index is -0.00000000444. The SMILES string of the molecule is O.O.O.O=[Si]([O-])[O-].[Na+].[Na+].[Na+].[O]=[Al][O-]. The molecule has 0 aromatic carbocycles. The third kappa shape index (κ3) is 338. The monoisotopic (exact) mass is 258 g/mol. The molecule has 0 aliphatic rings. The maximum absolute atomic E-state index is 8.52. The van der Waals surface area contributed by atoms with Crippen molar-refractivity contribution < 1.29 is 127 Å². The molecule has 0 amide bonds. The first-order valence-electron chi connectivity index (χ1n) is 1.08. The van der Waals surface area contributed by atoms with E-state index in [4.69, 9.17) is 22.0 Å². The molecule has 64 valence electrons. The van der Waals surface area contributed by atoms with Gasteiger partial charge in [-0.05, 0) is 0 Å². The first kappa shape index (κ1) is 57.5. The Morgan fingerprint density at radius 3 is 0.923 bits per heavy atom. The molecule has 13 heavy (non-hydrogen) atoms. The molecule has 0 fully saturated rings. The summed E-state index contributed by atoms with van der Waals surface area (Å²) >= 11 is -1.75. The summed E-state index contributed by atoms with van der Waals surface area (Å²) in [6, 6.07) is 0. The number of hydrogen-bond acceptors (Lipinski definition) is 5.